The maximum absolute atomic E-state index is 12.3. The molecule has 0 aliphatic carbocycles. The van der Waals surface area contributed by atoms with E-state index in [9.17, 15) is 9.59 Å². The van der Waals surface area contributed by atoms with Gasteiger partial charge in [-0.25, -0.2) is 4.79 Å². The average Bonchev–Trinajstić information content (AvgIpc) is 2.38. The Labute approximate surface area is 110 Å². The summed E-state index contributed by atoms with van der Waals surface area (Å²) < 4.78 is 0. The van der Waals surface area contributed by atoms with Crippen molar-refractivity contribution in [3.63, 3.8) is 0 Å². The van der Waals surface area contributed by atoms with Crippen molar-refractivity contribution < 1.29 is 9.59 Å². The van der Waals surface area contributed by atoms with Crippen LogP contribution >= 0.6 is 0 Å². The van der Waals surface area contributed by atoms with Crippen LogP contribution in [0.1, 0.15) is 32.6 Å². The van der Waals surface area contributed by atoms with Crippen LogP contribution in [0.2, 0.25) is 0 Å². The van der Waals surface area contributed by atoms with Gasteiger partial charge in [-0.2, -0.15) is 0 Å². The van der Waals surface area contributed by atoms with Crippen molar-refractivity contribution in [2.24, 2.45) is 0 Å². The lowest BCUT2D eigenvalue weighted by atomic mass is 10.1. The van der Waals surface area contributed by atoms with Gasteiger partial charge in [-0.1, -0.05) is 6.92 Å². The molecule has 1 heterocycles. The number of rotatable bonds is 4. The van der Waals surface area contributed by atoms with Gasteiger partial charge in [-0.15, -0.1) is 0 Å². The number of likely N-dealkylation sites (N-methyl/N-ethyl adjacent to an activating group) is 1. The van der Waals surface area contributed by atoms with Gasteiger partial charge in [0.1, 0.15) is 6.54 Å². The van der Waals surface area contributed by atoms with Gasteiger partial charge in [0.15, 0.2) is 0 Å². The molecular weight excluding hydrogens is 230 g/mol. The second kappa shape index (κ2) is 7.24. The van der Waals surface area contributed by atoms with Crippen LogP contribution in [0.3, 0.4) is 0 Å². The van der Waals surface area contributed by atoms with Crippen LogP contribution in [0.25, 0.3) is 0 Å². The van der Waals surface area contributed by atoms with E-state index in [1.54, 1.807) is 19.0 Å². The fourth-order valence-electron chi connectivity index (χ4n) is 2.10. The van der Waals surface area contributed by atoms with Crippen molar-refractivity contribution in [2.75, 3.05) is 40.3 Å². The van der Waals surface area contributed by atoms with Crippen molar-refractivity contribution >= 4 is 11.9 Å². The molecule has 1 aliphatic heterocycles. The summed E-state index contributed by atoms with van der Waals surface area (Å²) >= 11 is 0. The zero-order valence-corrected chi connectivity index (χ0v) is 11.8. The minimum absolute atomic E-state index is 0.0196. The lowest BCUT2D eigenvalue weighted by Crippen LogP contribution is -2.49. The fourth-order valence-corrected chi connectivity index (χ4v) is 2.10. The Bertz CT molecular complexity index is 286. The smallest absolute Gasteiger partial charge is 0.320 e. The molecule has 0 aromatic heterocycles. The Kier molecular flexibility index (Phi) is 5.95. The van der Waals surface area contributed by atoms with Gasteiger partial charge in [0, 0.05) is 33.7 Å². The number of urea groups is 1. The number of piperidine rings is 1. The monoisotopic (exact) mass is 255 g/mol. The Morgan fingerprint density at radius 1 is 1.11 bits per heavy atom. The molecule has 0 atom stereocenters. The largest absolute Gasteiger partial charge is 0.347 e. The Balaban J connectivity index is 2.58. The highest BCUT2D eigenvalue weighted by Crippen LogP contribution is 2.11. The number of amides is 3. The van der Waals surface area contributed by atoms with Crippen LogP contribution in [0, 0.1) is 0 Å². The first-order valence-electron chi connectivity index (χ1n) is 6.80. The third-order valence-corrected chi connectivity index (χ3v) is 3.22. The van der Waals surface area contributed by atoms with Gasteiger partial charge >= 0.3 is 6.03 Å². The highest BCUT2D eigenvalue weighted by Gasteiger charge is 2.24. The average molecular weight is 255 g/mol. The SMILES string of the molecule is CCCN(CC(=O)N(C)C)C(=O)N1CCCCC1. The van der Waals surface area contributed by atoms with E-state index in [1.165, 1.54) is 11.3 Å². The van der Waals surface area contributed by atoms with Gasteiger partial charge in [0.2, 0.25) is 5.91 Å². The number of nitrogens with zero attached hydrogens (tertiary/aromatic N) is 3. The van der Waals surface area contributed by atoms with Crippen LogP contribution in [0.5, 0.6) is 0 Å². The lowest BCUT2D eigenvalue weighted by molar-refractivity contribution is -0.129. The number of hydrogen-bond donors (Lipinski definition) is 0. The van der Waals surface area contributed by atoms with Crippen molar-refractivity contribution in [3.8, 4) is 0 Å². The normalized spacial score (nSPS) is 15.4. The summed E-state index contributed by atoms with van der Waals surface area (Å²) in [6.07, 6.45) is 4.23. The second-order valence-electron chi connectivity index (χ2n) is 5.04. The predicted octanol–water partition coefficient (Wildman–Crippen LogP) is 1.39. The first-order valence-corrected chi connectivity index (χ1v) is 6.80. The standard InChI is InChI=1S/C13H25N3O2/c1-4-8-16(11-12(17)14(2)3)13(18)15-9-6-5-7-10-15/h4-11H2,1-3H3. The van der Waals surface area contributed by atoms with Crippen LogP contribution < -0.4 is 0 Å². The van der Waals surface area contributed by atoms with Crippen molar-refractivity contribution in [2.45, 2.75) is 32.6 Å². The van der Waals surface area contributed by atoms with E-state index >= 15 is 0 Å². The molecule has 1 saturated heterocycles. The summed E-state index contributed by atoms with van der Waals surface area (Å²) in [5.41, 5.74) is 0. The molecule has 0 bridgehead atoms. The topological polar surface area (TPSA) is 43.9 Å². The summed E-state index contributed by atoms with van der Waals surface area (Å²) in [6, 6.07) is 0.0201. The van der Waals surface area contributed by atoms with E-state index < -0.39 is 0 Å². The second-order valence-corrected chi connectivity index (χ2v) is 5.04. The van der Waals surface area contributed by atoms with Gasteiger partial charge in [0.05, 0.1) is 0 Å². The van der Waals surface area contributed by atoms with Gasteiger partial charge < -0.3 is 14.7 Å². The minimum atomic E-state index is -0.0196. The molecule has 18 heavy (non-hydrogen) atoms. The zero-order chi connectivity index (χ0) is 13.5. The van der Waals surface area contributed by atoms with Crippen LogP contribution in [-0.4, -0.2) is 66.9 Å². The van der Waals surface area contributed by atoms with Gasteiger partial charge in [-0.3, -0.25) is 4.79 Å². The highest BCUT2D eigenvalue weighted by atomic mass is 16.2. The van der Waals surface area contributed by atoms with Crippen molar-refractivity contribution in [1.29, 1.82) is 0 Å². The van der Waals surface area contributed by atoms with Crippen LogP contribution in [-0.2, 0) is 4.79 Å². The quantitative estimate of drug-likeness (QED) is 0.762. The summed E-state index contributed by atoms with van der Waals surface area (Å²) in [5, 5.41) is 0. The van der Waals surface area contributed by atoms with E-state index in [1.807, 2.05) is 11.8 Å². The Morgan fingerprint density at radius 3 is 2.22 bits per heavy atom. The van der Waals surface area contributed by atoms with Gasteiger partial charge in [0.25, 0.3) is 0 Å². The molecule has 1 fully saturated rings. The number of carbonyl (C=O) groups excluding carboxylic acids is 2. The number of hydrogen-bond acceptors (Lipinski definition) is 2. The molecular formula is C13H25N3O2. The Morgan fingerprint density at radius 2 is 1.72 bits per heavy atom. The Hall–Kier alpha value is -1.26. The summed E-state index contributed by atoms with van der Waals surface area (Å²) in [6.45, 7) is 4.52. The minimum Gasteiger partial charge on any atom is -0.347 e. The summed E-state index contributed by atoms with van der Waals surface area (Å²) in [7, 11) is 3.44. The molecule has 5 heteroatoms. The zero-order valence-electron chi connectivity index (χ0n) is 11.8. The van der Waals surface area contributed by atoms with Crippen LogP contribution in [0.15, 0.2) is 0 Å². The molecule has 0 spiro atoms. The number of likely N-dealkylation sites (tertiary alicyclic amines) is 1. The third-order valence-electron chi connectivity index (χ3n) is 3.22. The predicted molar refractivity (Wildman–Crippen MR) is 71.4 cm³/mol. The lowest BCUT2D eigenvalue weighted by Gasteiger charge is -2.33. The molecule has 0 aromatic carbocycles. The van der Waals surface area contributed by atoms with Crippen molar-refractivity contribution in [3.05, 3.63) is 0 Å². The van der Waals surface area contributed by atoms with E-state index in [2.05, 4.69) is 0 Å². The molecule has 0 radical (unpaired) electrons. The summed E-state index contributed by atoms with van der Waals surface area (Å²) in [5.74, 6) is -0.0196. The summed E-state index contributed by atoms with van der Waals surface area (Å²) in [4.78, 5) is 29.1. The molecule has 0 unspecified atom stereocenters. The van der Waals surface area contributed by atoms with E-state index in [0.717, 1.165) is 32.4 Å². The molecule has 0 N–H and O–H groups in total. The fraction of sp³-hybridized carbons (Fsp3) is 0.846. The number of carbonyl (C=O) groups is 2. The van der Waals surface area contributed by atoms with E-state index in [4.69, 9.17) is 0 Å². The first-order chi connectivity index (χ1) is 8.56. The maximum atomic E-state index is 12.3. The molecule has 5 nitrogen and oxygen atoms in total. The molecule has 0 aromatic rings. The molecule has 1 aliphatic rings. The van der Waals surface area contributed by atoms with E-state index in [-0.39, 0.29) is 18.5 Å². The third kappa shape index (κ3) is 4.20. The maximum Gasteiger partial charge on any atom is 0.320 e. The molecule has 104 valence electrons. The van der Waals surface area contributed by atoms with E-state index in [0.29, 0.717) is 6.54 Å². The molecule has 1 rings (SSSR count). The first kappa shape index (κ1) is 14.8. The van der Waals surface area contributed by atoms with Crippen molar-refractivity contribution in [1.82, 2.24) is 14.7 Å². The van der Waals surface area contributed by atoms with Crippen LogP contribution in [0.4, 0.5) is 4.79 Å². The van der Waals surface area contributed by atoms with Gasteiger partial charge in [-0.05, 0) is 25.7 Å². The molecule has 3 amide bonds. The molecule has 0 saturated carbocycles. The highest BCUT2D eigenvalue weighted by molar-refractivity contribution is 5.83.